The van der Waals surface area contributed by atoms with Gasteiger partial charge in [-0.1, -0.05) is 12.8 Å². The number of amides is 1. The Kier molecular flexibility index (Phi) is 5.13. The summed E-state index contributed by atoms with van der Waals surface area (Å²) in [5, 5.41) is 4.90. The lowest BCUT2D eigenvalue weighted by Crippen LogP contribution is -2.36. The standard InChI is InChI=1S/C19H22BrN5O2S/c1-10-15(20)16(24(3)22-10)17(26)23-25-11(2)21-18-14(19(25)27)12-8-6-4-5-7-9-13(12)28-18/h4-9H2,1-3H3,(H,23,26). The third-order valence-electron chi connectivity index (χ3n) is 5.23. The lowest BCUT2D eigenvalue weighted by Gasteiger charge is -2.12. The van der Waals surface area contributed by atoms with E-state index in [1.54, 1.807) is 25.3 Å². The SMILES string of the molecule is Cc1nn(C)c(C(=O)Nn2c(C)nc3sc4c(c3c2=O)CCCCCC4)c1Br. The van der Waals surface area contributed by atoms with Crippen molar-refractivity contribution in [3.8, 4) is 0 Å². The number of aromatic nitrogens is 4. The highest BCUT2D eigenvalue weighted by Crippen LogP contribution is 2.32. The molecule has 0 atom stereocenters. The minimum absolute atomic E-state index is 0.205. The lowest BCUT2D eigenvalue weighted by atomic mass is 9.98. The van der Waals surface area contributed by atoms with Gasteiger partial charge in [0.15, 0.2) is 0 Å². The molecule has 0 unspecified atom stereocenters. The van der Waals surface area contributed by atoms with E-state index in [9.17, 15) is 9.59 Å². The number of thiophene rings is 1. The molecule has 7 nitrogen and oxygen atoms in total. The molecule has 1 aliphatic rings. The quantitative estimate of drug-likeness (QED) is 0.628. The number of carbonyl (C=O) groups excluding carboxylic acids is 1. The molecule has 0 spiro atoms. The number of rotatable bonds is 2. The molecule has 3 aromatic rings. The first-order valence-electron chi connectivity index (χ1n) is 9.43. The van der Waals surface area contributed by atoms with E-state index in [0.29, 0.717) is 27.1 Å². The average molecular weight is 464 g/mol. The van der Waals surface area contributed by atoms with Crippen molar-refractivity contribution in [1.29, 1.82) is 0 Å². The van der Waals surface area contributed by atoms with Gasteiger partial charge in [0, 0.05) is 11.9 Å². The zero-order valence-corrected chi connectivity index (χ0v) is 18.5. The molecule has 0 aromatic carbocycles. The summed E-state index contributed by atoms with van der Waals surface area (Å²) >= 11 is 5.03. The summed E-state index contributed by atoms with van der Waals surface area (Å²) in [5.41, 5.74) is 4.72. The molecule has 0 bridgehead atoms. The number of hydrogen-bond acceptors (Lipinski definition) is 5. The van der Waals surface area contributed by atoms with Crippen LogP contribution in [0.3, 0.4) is 0 Å². The first-order chi connectivity index (χ1) is 13.4. The van der Waals surface area contributed by atoms with Gasteiger partial charge >= 0.3 is 0 Å². The van der Waals surface area contributed by atoms with Crippen LogP contribution in [-0.2, 0) is 19.9 Å². The molecule has 0 aliphatic heterocycles. The van der Waals surface area contributed by atoms with Gasteiger partial charge in [-0.05, 0) is 61.0 Å². The van der Waals surface area contributed by atoms with Crippen LogP contribution in [0.1, 0.15) is 58.1 Å². The van der Waals surface area contributed by atoms with Gasteiger partial charge in [0.1, 0.15) is 16.3 Å². The average Bonchev–Trinajstić information content (AvgIpc) is 3.07. The Labute approximate surface area is 174 Å². The summed E-state index contributed by atoms with van der Waals surface area (Å²) in [7, 11) is 1.70. The number of nitrogens with one attached hydrogen (secondary N) is 1. The molecule has 4 rings (SSSR count). The summed E-state index contributed by atoms with van der Waals surface area (Å²) in [6.07, 6.45) is 6.56. The van der Waals surface area contributed by atoms with Gasteiger partial charge in [0.25, 0.3) is 11.5 Å². The zero-order chi connectivity index (χ0) is 20.0. The van der Waals surface area contributed by atoms with Gasteiger partial charge in [0.05, 0.1) is 15.6 Å². The van der Waals surface area contributed by atoms with Crippen molar-refractivity contribution in [2.75, 3.05) is 5.43 Å². The van der Waals surface area contributed by atoms with E-state index >= 15 is 0 Å². The van der Waals surface area contributed by atoms with E-state index in [-0.39, 0.29) is 5.56 Å². The van der Waals surface area contributed by atoms with Crippen LogP contribution in [0.15, 0.2) is 9.27 Å². The Hall–Kier alpha value is -2.00. The maximum Gasteiger partial charge on any atom is 0.289 e. The van der Waals surface area contributed by atoms with Gasteiger partial charge in [0.2, 0.25) is 0 Å². The Morgan fingerprint density at radius 1 is 1.18 bits per heavy atom. The molecule has 3 aromatic heterocycles. The van der Waals surface area contributed by atoms with Gasteiger partial charge < -0.3 is 0 Å². The molecule has 3 heterocycles. The monoisotopic (exact) mass is 463 g/mol. The Balaban J connectivity index is 1.80. The molecule has 1 aliphatic carbocycles. The van der Waals surface area contributed by atoms with E-state index in [1.807, 2.05) is 6.92 Å². The minimum atomic E-state index is -0.403. The first-order valence-corrected chi connectivity index (χ1v) is 11.0. The number of hydrogen-bond donors (Lipinski definition) is 1. The van der Waals surface area contributed by atoms with Crippen molar-refractivity contribution < 1.29 is 4.79 Å². The number of fused-ring (bicyclic) bond motifs is 3. The molecule has 9 heteroatoms. The molecule has 0 saturated carbocycles. The second kappa shape index (κ2) is 7.44. The third-order valence-corrected chi connectivity index (χ3v) is 7.37. The largest absolute Gasteiger partial charge is 0.289 e. The lowest BCUT2D eigenvalue weighted by molar-refractivity contribution is 0.0996. The van der Waals surface area contributed by atoms with Gasteiger partial charge in [-0.15, -0.1) is 11.3 Å². The Bertz CT molecular complexity index is 1140. The molecule has 28 heavy (non-hydrogen) atoms. The number of carbonyl (C=O) groups is 1. The summed E-state index contributed by atoms with van der Waals surface area (Å²) in [6.45, 7) is 3.55. The highest BCUT2D eigenvalue weighted by atomic mass is 79.9. The van der Waals surface area contributed by atoms with Crippen LogP contribution < -0.4 is 11.0 Å². The highest BCUT2D eigenvalue weighted by molar-refractivity contribution is 9.10. The molecule has 0 saturated heterocycles. The third kappa shape index (κ3) is 3.20. The highest BCUT2D eigenvalue weighted by Gasteiger charge is 2.23. The molecular formula is C19H22BrN5O2S. The van der Waals surface area contributed by atoms with E-state index in [1.165, 1.54) is 27.1 Å². The van der Waals surface area contributed by atoms with Crippen LogP contribution in [0.4, 0.5) is 0 Å². The summed E-state index contributed by atoms with van der Waals surface area (Å²) in [5.74, 6) is 0.0644. The molecule has 1 amide bonds. The van der Waals surface area contributed by atoms with Crippen LogP contribution in [0.5, 0.6) is 0 Å². The van der Waals surface area contributed by atoms with Crippen molar-refractivity contribution in [1.82, 2.24) is 19.4 Å². The maximum atomic E-state index is 13.3. The fourth-order valence-corrected chi connectivity index (χ4v) is 5.64. The molecular weight excluding hydrogens is 442 g/mol. The summed E-state index contributed by atoms with van der Waals surface area (Å²) < 4.78 is 3.39. The summed E-state index contributed by atoms with van der Waals surface area (Å²) in [6, 6.07) is 0. The van der Waals surface area contributed by atoms with Crippen molar-refractivity contribution in [3.05, 3.63) is 42.5 Å². The van der Waals surface area contributed by atoms with E-state index < -0.39 is 5.91 Å². The smallest absolute Gasteiger partial charge is 0.267 e. The number of nitrogens with zero attached hydrogens (tertiary/aromatic N) is 4. The van der Waals surface area contributed by atoms with Crippen LogP contribution in [0, 0.1) is 13.8 Å². The van der Waals surface area contributed by atoms with Crippen molar-refractivity contribution in [2.24, 2.45) is 7.05 Å². The molecule has 0 fully saturated rings. The topological polar surface area (TPSA) is 81.8 Å². The number of aryl methyl sites for hydroxylation is 5. The van der Waals surface area contributed by atoms with Crippen LogP contribution in [0.2, 0.25) is 0 Å². The molecule has 1 N–H and O–H groups in total. The fraction of sp³-hybridized carbons (Fsp3) is 0.474. The van der Waals surface area contributed by atoms with E-state index in [2.05, 4.69) is 31.4 Å². The molecule has 148 valence electrons. The van der Waals surface area contributed by atoms with Gasteiger partial charge in [-0.25, -0.2) is 9.66 Å². The van der Waals surface area contributed by atoms with Crippen molar-refractivity contribution in [2.45, 2.75) is 52.4 Å². The minimum Gasteiger partial charge on any atom is -0.267 e. The normalized spacial score (nSPS) is 14.6. The first kappa shape index (κ1) is 19.3. The Morgan fingerprint density at radius 3 is 2.57 bits per heavy atom. The Morgan fingerprint density at radius 2 is 1.89 bits per heavy atom. The predicted octanol–water partition coefficient (Wildman–Crippen LogP) is 3.61. The van der Waals surface area contributed by atoms with Crippen molar-refractivity contribution in [3.63, 3.8) is 0 Å². The molecule has 0 radical (unpaired) electrons. The number of halogens is 1. The van der Waals surface area contributed by atoms with Crippen LogP contribution >= 0.6 is 27.3 Å². The van der Waals surface area contributed by atoms with Gasteiger partial charge in [-0.3, -0.25) is 19.7 Å². The van der Waals surface area contributed by atoms with Crippen LogP contribution in [-0.4, -0.2) is 25.3 Å². The fourth-order valence-electron chi connectivity index (χ4n) is 3.83. The van der Waals surface area contributed by atoms with E-state index in [0.717, 1.165) is 36.1 Å². The second-order valence-electron chi connectivity index (χ2n) is 7.21. The second-order valence-corrected chi connectivity index (χ2v) is 9.09. The van der Waals surface area contributed by atoms with Gasteiger partial charge in [-0.2, -0.15) is 5.10 Å². The summed E-state index contributed by atoms with van der Waals surface area (Å²) in [4.78, 5) is 32.8. The van der Waals surface area contributed by atoms with Crippen LogP contribution in [0.25, 0.3) is 10.2 Å². The zero-order valence-electron chi connectivity index (χ0n) is 16.1. The van der Waals surface area contributed by atoms with Crippen molar-refractivity contribution >= 4 is 43.4 Å². The predicted molar refractivity (Wildman–Crippen MR) is 114 cm³/mol. The maximum absolute atomic E-state index is 13.3. The van der Waals surface area contributed by atoms with E-state index in [4.69, 9.17) is 0 Å².